The number of amides is 1. The number of azo groups is 1. The van der Waals surface area contributed by atoms with Crippen LogP contribution in [0, 0.1) is 0 Å². The molecule has 1 aliphatic rings. The zero-order chi connectivity index (χ0) is 20.8. The first kappa shape index (κ1) is 20.6. The molecule has 1 N–H and O–H groups in total. The number of thioether (sulfide) groups is 1. The van der Waals surface area contributed by atoms with Crippen molar-refractivity contribution in [3.63, 3.8) is 0 Å². The van der Waals surface area contributed by atoms with Crippen molar-refractivity contribution in [1.82, 2.24) is 5.32 Å². The number of halogens is 1. The molecule has 1 heterocycles. The maximum absolute atomic E-state index is 13.4. The predicted molar refractivity (Wildman–Crippen MR) is 122 cm³/mol. The minimum atomic E-state index is -1.19. The maximum Gasteiger partial charge on any atom is 0.262 e. The highest BCUT2D eigenvalue weighted by Crippen LogP contribution is 2.48. The van der Waals surface area contributed by atoms with Crippen molar-refractivity contribution < 1.29 is 4.79 Å². The van der Waals surface area contributed by atoms with E-state index in [4.69, 9.17) is 11.6 Å². The Labute approximate surface area is 185 Å². The van der Waals surface area contributed by atoms with Gasteiger partial charge >= 0.3 is 0 Å². The standard InChI is InChI=1S/C24H22ClN3OS/c25-22-21(20-14-8-3-9-15-20)27-28-24(22,30-17-19-12-6-2-7-13-19)23(29)26-16-18-10-4-1-5-11-18/h1-15,21-22H,16-17H2,(H,26,29)/t21-,22-,24+/m0/s1. The molecule has 0 radical (unpaired) electrons. The summed E-state index contributed by atoms with van der Waals surface area (Å²) in [6.07, 6.45) is 0. The summed E-state index contributed by atoms with van der Waals surface area (Å²) in [6, 6.07) is 29.2. The molecule has 3 aromatic carbocycles. The molecule has 6 heteroatoms. The zero-order valence-electron chi connectivity index (χ0n) is 16.3. The quantitative estimate of drug-likeness (QED) is 0.480. The maximum atomic E-state index is 13.4. The van der Waals surface area contributed by atoms with Crippen LogP contribution in [-0.2, 0) is 17.1 Å². The fourth-order valence-electron chi connectivity index (χ4n) is 3.38. The van der Waals surface area contributed by atoms with Crippen LogP contribution in [0.1, 0.15) is 22.7 Å². The summed E-state index contributed by atoms with van der Waals surface area (Å²) in [5.41, 5.74) is 3.09. The van der Waals surface area contributed by atoms with Crippen LogP contribution < -0.4 is 5.32 Å². The van der Waals surface area contributed by atoms with E-state index >= 15 is 0 Å². The summed E-state index contributed by atoms with van der Waals surface area (Å²) in [5, 5.41) is 11.3. The number of rotatable bonds is 7. The molecule has 0 saturated heterocycles. The number of hydrogen-bond acceptors (Lipinski definition) is 4. The molecule has 0 bridgehead atoms. The molecule has 152 valence electrons. The van der Waals surface area contributed by atoms with E-state index in [2.05, 4.69) is 15.5 Å². The lowest BCUT2D eigenvalue weighted by molar-refractivity contribution is -0.123. The molecular weight excluding hydrogens is 414 g/mol. The highest BCUT2D eigenvalue weighted by Gasteiger charge is 2.54. The fourth-order valence-corrected chi connectivity index (χ4v) is 5.08. The highest BCUT2D eigenvalue weighted by atomic mass is 35.5. The van der Waals surface area contributed by atoms with Crippen molar-refractivity contribution in [3.8, 4) is 0 Å². The van der Waals surface area contributed by atoms with E-state index in [0.29, 0.717) is 12.3 Å². The van der Waals surface area contributed by atoms with E-state index in [1.54, 1.807) is 0 Å². The Hall–Kier alpha value is -2.63. The molecule has 4 rings (SSSR count). The third-order valence-corrected chi connectivity index (χ3v) is 7.17. The number of nitrogens with zero attached hydrogens (tertiary/aromatic N) is 2. The third-order valence-electron chi connectivity index (χ3n) is 5.05. The second-order valence-corrected chi connectivity index (χ2v) is 8.78. The molecule has 0 unspecified atom stereocenters. The molecule has 30 heavy (non-hydrogen) atoms. The Balaban J connectivity index is 1.56. The van der Waals surface area contributed by atoms with Crippen LogP contribution in [0.2, 0.25) is 0 Å². The Kier molecular flexibility index (Phi) is 6.50. The number of hydrogen-bond donors (Lipinski definition) is 1. The van der Waals surface area contributed by atoms with Crippen molar-refractivity contribution in [2.45, 2.75) is 28.6 Å². The molecule has 3 aromatic rings. The van der Waals surface area contributed by atoms with E-state index in [9.17, 15) is 4.79 Å². The number of carbonyl (C=O) groups excluding carboxylic acids is 1. The summed E-state index contributed by atoms with van der Waals surface area (Å²) in [5.74, 6) is 0.401. The Morgan fingerprint density at radius 3 is 2.10 bits per heavy atom. The molecular formula is C24H22ClN3OS. The van der Waals surface area contributed by atoms with E-state index in [-0.39, 0.29) is 11.9 Å². The zero-order valence-corrected chi connectivity index (χ0v) is 17.9. The Bertz CT molecular complexity index is 1000. The van der Waals surface area contributed by atoms with Gasteiger partial charge in [0.05, 0.1) is 0 Å². The summed E-state index contributed by atoms with van der Waals surface area (Å²) in [7, 11) is 0. The van der Waals surface area contributed by atoms with Gasteiger partial charge in [-0.25, -0.2) is 0 Å². The highest BCUT2D eigenvalue weighted by molar-refractivity contribution is 8.00. The van der Waals surface area contributed by atoms with Crippen LogP contribution in [0.3, 0.4) is 0 Å². The second kappa shape index (κ2) is 9.45. The van der Waals surface area contributed by atoms with E-state index < -0.39 is 10.2 Å². The first-order valence-electron chi connectivity index (χ1n) is 9.80. The van der Waals surface area contributed by atoms with E-state index in [0.717, 1.165) is 16.7 Å². The number of nitrogens with one attached hydrogen (secondary N) is 1. The normalized spacial score (nSPS) is 22.7. The summed E-state index contributed by atoms with van der Waals surface area (Å²) < 4.78 is 0. The van der Waals surface area contributed by atoms with Gasteiger partial charge < -0.3 is 5.32 Å². The first-order chi connectivity index (χ1) is 14.7. The van der Waals surface area contributed by atoms with Crippen molar-refractivity contribution in [3.05, 3.63) is 108 Å². The monoisotopic (exact) mass is 435 g/mol. The number of carbonyl (C=O) groups is 1. The van der Waals surface area contributed by atoms with Crippen LogP contribution in [0.5, 0.6) is 0 Å². The topological polar surface area (TPSA) is 53.8 Å². The summed E-state index contributed by atoms with van der Waals surface area (Å²) in [6.45, 7) is 0.419. The van der Waals surface area contributed by atoms with Gasteiger partial charge in [-0.05, 0) is 16.7 Å². The lowest BCUT2D eigenvalue weighted by Gasteiger charge is -2.28. The molecule has 0 aromatic heterocycles. The van der Waals surface area contributed by atoms with E-state index in [1.165, 1.54) is 11.8 Å². The smallest absolute Gasteiger partial charge is 0.262 e. The summed E-state index contributed by atoms with van der Waals surface area (Å²) >= 11 is 8.34. The van der Waals surface area contributed by atoms with E-state index in [1.807, 2.05) is 91.0 Å². The minimum absolute atomic E-state index is 0.213. The molecule has 4 nitrogen and oxygen atoms in total. The summed E-state index contributed by atoms with van der Waals surface area (Å²) in [4.78, 5) is 12.2. The predicted octanol–water partition coefficient (Wildman–Crippen LogP) is 5.75. The largest absolute Gasteiger partial charge is 0.349 e. The van der Waals surface area contributed by atoms with Crippen LogP contribution in [-0.4, -0.2) is 16.2 Å². The van der Waals surface area contributed by atoms with Gasteiger partial charge in [0.25, 0.3) is 5.91 Å². The Morgan fingerprint density at radius 1 is 0.900 bits per heavy atom. The van der Waals surface area contributed by atoms with Gasteiger partial charge in [-0.1, -0.05) is 91.0 Å². The molecule has 1 amide bonds. The molecule has 0 aliphatic carbocycles. The van der Waals surface area contributed by atoms with Crippen molar-refractivity contribution in [1.29, 1.82) is 0 Å². The molecule has 1 aliphatic heterocycles. The van der Waals surface area contributed by atoms with Gasteiger partial charge in [0, 0.05) is 12.3 Å². The van der Waals surface area contributed by atoms with Crippen molar-refractivity contribution in [2.75, 3.05) is 0 Å². The average Bonchev–Trinajstić information content (AvgIpc) is 3.15. The fraction of sp³-hybridized carbons (Fsp3) is 0.208. The molecule has 3 atom stereocenters. The second-order valence-electron chi connectivity index (χ2n) is 7.11. The molecule has 0 spiro atoms. The minimum Gasteiger partial charge on any atom is -0.349 e. The van der Waals surface area contributed by atoms with Crippen LogP contribution in [0.4, 0.5) is 0 Å². The Morgan fingerprint density at radius 2 is 1.47 bits per heavy atom. The average molecular weight is 436 g/mol. The molecule has 0 saturated carbocycles. The van der Waals surface area contributed by atoms with Crippen LogP contribution >= 0.6 is 23.4 Å². The lowest BCUT2D eigenvalue weighted by atomic mass is 10.00. The lowest BCUT2D eigenvalue weighted by Crippen LogP contribution is -2.48. The van der Waals surface area contributed by atoms with Gasteiger partial charge in [-0.2, -0.15) is 10.2 Å². The third kappa shape index (κ3) is 4.42. The molecule has 0 fully saturated rings. The SMILES string of the molecule is O=C(NCc1ccccc1)[C@@]1(SCc2ccccc2)N=N[C@@H](c2ccccc2)[C@@H]1Cl. The first-order valence-corrected chi connectivity index (χ1v) is 11.2. The van der Waals surface area contributed by atoms with Gasteiger partial charge in [-0.3, -0.25) is 4.79 Å². The van der Waals surface area contributed by atoms with Gasteiger partial charge in [0.15, 0.2) is 0 Å². The van der Waals surface area contributed by atoms with Gasteiger partial charge in [0.1, 0.15) is 11.4 Å². The van der Waals surface area contributed by atoms with Crippen molar-refractivity contribution in [2.24, 2.45) is 10.2 Å². The van der Waals surface area contributed by atoms with Gasteiger partial charge in [-0.15, -0.1) is 23.4 Å². The van der Waals surface area contributed by atoms with Crippen molar-refractivity contribution >= 4 is 29.3 Å². The van der Waals surface area contributed by atoms with Crippen LogP contribution in [0.25, 0.3) is 0 Å². The van der Waals surface area contributed by atoms with Gasteiger partial charge in [0.2, 0.25) is 4.87 Å². The van der Waals surface area contributed by atoms with Crippen LogP contribution in [0.15, 0.2) is 101 Å². The number of alkyl halides is 1. The number of benzene rings is 3.